The van der Waals surface area contributed by atoms with Crippen LogP contribution in [-0.4, -0.2) is 50.5 Å². The third-order valence-electron chi connectivity index (χ3n) is 2.04. The molecule has 0 bridgehead atoms. The Hall–Kier alpha value is -0.740. The molecule has 0 unspecified atom stereocenters. The number of guanidine groups is 1. The molecule has 5 heteroatoms. The van der Waals surface area contributed by atoms with Crippen LogP contribution in [0.25, 0.3) is 0 Å². The zero-order chi connectivity index (χ0) is 12.1. The number of thiophene rings is 1. The monoisotopic (exact) mass is 259 g/mol. The van der Waals surface area contributed by atoms with Gasteiger partial charge in [0.1, 0.15) is 0 Å². The van der Waals surface area contributed by atoms with Gasteiger partial charge in [-0.05, 0) is 12.1 Å². The van der Waals surface area contributed by atoms with Crippen molar-refractivity contribution in [2.45, 2.75) is 6.42 Å². The van der Waals surface area contributed by atoms with Crippen LogP contribution in [0.1, 0.15) is 4.88 Å². The molecular formula is C11H18ClN3S. The Labute approximate surface area is 106 Å². The van der Waals surface area contributed by atoms with Crippen molar-refractivity contribution in [1.29, 1.82) is 0 Å². The minimum atomic E-state index is 0.794. The molecule has 0 aliphatic rings. The van der Waals surface area contributed by atoms with Crippen molar-refractivity contribution in [3.63, 3.8) is 0 Å². The highest BCUT2D eigenvalue weighted by atomic mass is 35.5. The molecule has 0 atom stereocenters. The molecule has 0 aliphatic carbocycles. The summed E-state index contributed by atoms with van der Waals surface area (Å²) in [5, 5.41) is 0. The minimum absolute atomic E-state index is 0.794. The topological polar surface area (TPSA) is 18.8 Å². The molecule has 1 aromatic rings. The van der Waals surface area contributed by atoms with Crippen LogP contribution in [0.3, 0.4) is 0 Å². The SMILES string of the molecule is CN(C)C(=NCCc1ccc(Cl)s1)N(C)C. The van der Waals surface area contributed by atoms with Crippen LogP contribution in [-0.2, 0) is 6.42 Å². The molecule has 90 valence electrons. The van der Waals surface area contributed by atoms with Gasteiger partial charge in [0, 0.05) is 46.0 Å². The highest BCUT2D eigenvalue weighted by molar-refractivity contribution is 7.16. The van der Waals surface area contributed by atoms with E-state index in [2.05, 4.69) is 11.1 Å². The number of aliphatic imine (C=N–C) groups is 1. The van der Waals surface area contributed by atoms with E-state index in [-0.39, 0.29) is 0 Å². The van der Waals surface area contributed by atoms with Crippen LogP contribution in [0.4, 0.5) is 0 Å². The van der Waals surface area contributed by atoms with E-state index in [1.807, 2.05) is 44.1 Å². The van der Waals surface area contributed by atoms with Crippen molar-refractivity contribution in [2.75, 3.05) is 34.7 Å². The van der Waals surface area contributed by atoms with E-state index in [0.29, 0.717) is 0 Å². The second-order valence-electron chi connectivity index (χ2n) is 3.93. The average Bonchev–Trinajstić information content (AvgIpc) is 2.57. The van der Waals surface area contributed by atoms with Gasteiger partial charge in [-0.3, -0.25) is 4.99 Å². The van der Waals surface area contributed by atoms with Crippen molar-refractivity contribution in [2.24, 2.45) is 4.99 Å². The lowest BCUT2D eigenvalue weighted by molar-refractivity contribution is 0.479. The molecule has 0 spiro atoms. The Kier molecular flexibility index (Phi) is 5.09. The molecule has 1 heterocycles. The lowest BCUT2D eigenvalue weighted by atomic mass is 10.3. The Morgan fingerprint density at radius 3 is 2.31 bits per heavy atom. The van der Waals surface area contributed by atoms with E-state index < -0.39 is 0 Å². The summed E-state index contributed by atoms with van der Waals surface area (Å²) in [7, 11) is 8.00. The number of halogens is 1. The lowest BCUT2D eigenvalue weighted by Crippen LogP contribution is -2.35. The summed E-state index contributed by atoms with van der Waals surface area (Å²) in [6, 6.07) is 4.00. The van der Waals surface area contributed by atoms with Gasteiger partial charge in [0.05, 0.1) is 4.34 Å². The summed E-state index contributed by atoms with van der Waals surface area (Å²) in [4.78, 5) is 9.87. The summed E-state index contributed by atoms with van der Waals surface area (Å²) in [5.74, 6) is 0.989. The molecule has 0 fully saturated rings. The molecule has 0 N–H and O–H groups in total. The van der Waals surface area contributed by atoms with Gasteiger partial charge >= 0.3 is 0 Å². The maximum Gasteiger partial charge on any atom is 0.195 e. The average molecular weight is 260 g/mol. The Bertz CT molecular complexity index is 348. The summed E-state index contributed by atoms with van der Waals surface area (Å²) >= 11 is 7.49. The van der Waals surface area contributed by atoms with E-state index in [9.17, 15) is 0 Å². The first kappa shape index (κ1) is 13.3. The summed E-state index contributed by atoms with van der Waals surface area (Å²) in [6.07, 6.45) is 0.947. The molecule has 3 nitrogen and oxygen atoms in total. The summed E-state index contributed by atoms with van der Waals surface area (Å²) in [5.41, 5.74) is 0. The van der Waals surface area contributed by atoms with E-state index in [4.69, 9.17) is 11.6 Å². The van der Waals surface area contributed by atoms with Crippen molar-refractivity contribution in [3.05, 3.63) is 21.3 Å². The van der Waals surface area contributed by atoms with Crippen molar-refractivity contribution >= 4 is 28.9 Å². The molecule has 0 radical (unpaired) electrons. The van der Waals surface area contributed by atoms with Gasteiger partial charge in [-0.25, -0.2) is 0 Å². The predicted octanol–water partition coefficient (Wildman–Crippen LogP) is 2.42. The second kappa shape index (κ2) is 6.11. The fourth-order valence-corrected chi connectivity index (χ4v) is 2.51. The zero-order valence-corrected chi connectivity index (χ0v) is 11.8. The van der Waals surface area contributed by atoms with Gasteiger partial charge in [-0.2, -0.15) is 0 Å². The van der Waals surface area contributed by atoms with Crippen LogP contribution in [0.2, 0.25) is 4.34 Å². The molecule has 0 amide bonds. The fraction of sp³-hybridized carbons (Fsp3) is 0.545. The number of hydrogen-bond acceptors (Lipinski definition) is 2. The maximum absolute atomic E-state index is 5.87. The largest absolute Gasteiger partial charge is 0.349 e. The van der Waals surface area contributed by atoms with Gasteiger partial charge in [0.25, 0.3) is 0 Å². The zero-order valence-electron chi connectivity index (χ0n) is 10.2. The molecule has 1 rings (SSSR count). The Balaban J connectivity index is 2.51. The van der Waals surface area contributed by atoms with Gasteiger partial charge in [-0.15, -0.1) is 11.3 Å². The summed E-state index contributed by atoms with van der Waals surface area (Å²) in [6.45, 7) is 0.794. The van der Waals surface area contributed by atoms with Crippen molar-refractivity contribution in [3.8, 4) is 0 Å². The molecule has 0 aromatic carbocycles. The first-order valence-corrected chi connectivity index (χ1v) is 6.33. The lowest BCUT2D eigenvalue weighted by Gasteiger charge is -2.22. The van der Waals surface area contributed by atoms with E-state index in [1.54, 1.807) is 11.3 Å². The van der Waals surface area contributed by atoms with E-state index in [0.717, 1.165) is 23.3 Å². The number of rotatable bonds is 3. The summed E-state index contributed by atoms with van der Waals surface area (Å²) < 4.78 is 0.847. The van der Waals surface area contributed by atoms with E-state index in [1.165, 1.54) is 4.88 Å². The van der Waals surface area contributed by atoms with Crippen LogP contribution < -0.4 is 0 Å². The molecule has 1 aromatic heterocycles. The Morgan fingerprint density at radius 2 is 1.88 bits per heavy atom. The predicted molar refractivity (Wildman–Crippen MR) is 72.7 cm³/mol. The highest BCUT2D eigenvalue weighted by Gasteiger charge is 2.03. The van der Waals surface area contributed by atoms with Crippen LogP contribution in [0, 0.1) is 0 Å². The van der Waals surface area contributed by atoms with Gasteiger partial charge < -0.3 is 9.80 Å². The maximum atomic E-state index is 5.87. The normalized spacial score (nSPS) is 10.1. The molecule has 16 heavy (non-hydrogen) atoms. The van der Waals surface area contributed by atoms with Gasteiger partial charge in [0.15, 0.2) is 5.96 Å². The highest BCUT2D eigenvalue weighted by Crippen LogP contribution is 2.21. The Morgan fingerprint density at radius 1 is 1.25 bits per heavy atom. The molecular weight excluding hydrogens is 242 g/mol. The molecule has 0 saturated heterocycles. The molecule has 0 saturated carbocycles. The fourth-order valence-electron chi connectivity index (χ4n) is 1.44. The quantitative estimate of drug-likeness (QED) is 0.613. The number of hydrogen-bond donors (Lipinski definition) is 0. The molecule has 0 aliphatic heterocycles. The number of nitrogens with zero attached hydrogens (tertiary/aromatic N) is 3. The van der Waals surface area contributed by atoms with Crippen molar-refractivity contribution < 1.29 is 0 Å². The second-order valence-corrected chi connectivity index (χ2v) is 5.73. The van der Waals surface area contributed by atoms with Crippen molar-refractivity contribution in [1.82, 2.24) is 9.80 Å². The van der Waals surface area contributed by atoms with Gasteiger partial charge in [0.2, 0.25) is 0 Å². The first-order chi connectivity index (χ1) is 7.50. The smallest absolute Gasteiger partial charge is 0.195 e. The van der Waals surface area contributed by atoms with Crippen LogP contribution in [0.5, 0.6) is 0 Å². The standard InChI is InChI=1S/C11H18ClN3S/c1-14(2)11(15(3)4)13-8-7-9-5-6-10(12)16-9/h5-6H,7-8H2,1-4H3. The van der Waals surface area contributed by atoms with Crippen LogP contribution in [0.15, 0.2) is 17.1 Å². The third-order valence-corrected chi connectivity index (χ3v) is 3.33. The first-order valence-electron chi connectivity index (χ1n) is 5.14. The van der Waals surface area contributed by atoms with Crippen LogP contribution >= 0.6 is 22.9 Å². The van der Waals surface area contributed by atoms with Gasteiger partial charge in [-0.1, -0.05) is 11.6 Å². The van der Waals surface area contributed by atoms with E-state index >= 15 is 0 Å². The minimum Gasteiger partial charge on any atom is -0.349 e. The third kappa shape index (κ3) is 4.02.